The zero-order chi connectivity index (χ0) is 12.8. The molecule has 0 spiro atoms. The van der Waals surface area contributed by atoms with Crippen LogP contribution in [-0.2, 0) is 4.79 Å². The summed E-state index contributed by atoms with van der Waals surface area (Å²) in [4.78, 5) is 17.5. The highest BCUT2D eigenvalue weighted by molar-refractivity contribution is 5.77. The van der Waals surface area contributed by atoms with Gasteiger partial charge < -0.3 is 14.4 Å². The summed E-state index contributed by atoms with van der Waals surface area (Å²) in [5.74, 6) is -0.763. The van der Waals surface area contributed by atoms with E-state index in [1.54, 1.807) is 6.92 Å². The molecule has 2 aromatic rings. The first-order valence-electron chi connectivity index (χ1n) is 5.92. The number of carbonyl (C=O) groups is 1. The summed E-state index contributed by atoms with van der Waals surface area (Å²) in [6.45, 7) is 2.86. The fourth-order valence-electron chi connectivity index (χ4n) is 2.29. The number of benzene rings is 1. The van der Waals surface area contributed by atoms with Gasteiger partial charge in [-0.3, -0.25) is 4.79 Å². The lowest BCUT2D eigenvalue weighted by molar-refractivity contribution is -0.146. The monoisotopic (exact) mass is 246 g/mol. The van der Waals surface area contributed by atoms with Crippen molar-refractivity contribution in [3.05, 3.63) is 24.3 Å². The smallest absolute Gasteiger partial charge is 0.311 e. The fraction of sp³-hybridized carbons (Fsp3) is 0.385. The van der Waals surface area contributed by atoms with E-state index in [4.69, 9.17) is 4.42 Å². The van der Waals surface area contributed by atoms with Gasteiger partial charge in [0.1, 0.15) is 5.52 Å². The number of aliphatic carboxylic acids is 1. The molecule has 0 aliphatic carbocycles. The summed E-state index contributed by atoms with van der Waals surface area (Å²) >= 11 is 0. The molecule has 0 amide bonds. The number of anilines is 1. The number of aromatic nitrogens is 1. The normalized spacial score (nSPS) is 23.7. The number of hydrogen-bond acceptors (Lipinski definition) is 4. The molecule has 5 heteroatoms. The van der Waals surface area contributed by atoms with Gasteiger partial charge in [0.25, 0.3) is 6.01 Å². The zero-order valence-corrected chi connectivity index (χ0v) is 10.1. The van der Waals surface area contributed by atoms with Gasteiger partial charge in [0.15, 0.2) is 5.58 Å². The minimum Gasteiger partial charge on any atom is -0.481 e. The summed E-state index contributed by atoms with van der Waals surface area (Å²) < 4.78 is 5.65. The lowest BCUT2D eigenvalue weighted by atomic mass is 9.90. The molecule has 0 saturated carbocycles. The third-order valence-corrected chi connectivity index (χ3v) is 3.54. The Morgan fingerprint density at radius 1 is 1.50 bits per heavy atom. The number of carboxylic acid groups (broad SMARTS) is 1. The molecule has 1 N–H and O–H groups in total. The summed E-state index contributed by atoms with van der Waals surface area (Å²) in [6, 6.07) is 8.05. The van der Waals surface area contributed by atoms with Crippen molar-refractivity contribution in [1.29, 1.82) is 0 Å². The van der Waals surface area contributed by atoms with Crippen LogP contribution >= 0.6 is 0 Å². The first-order valence-corrected chi connectivity index (χ1v) is 5.92. The number of para-hydroxylation sites is 2. The van der Waals surface area contributed by atoms with Crippen LogP contribution in [0.5, 0.6) is 0 Å². The number of carboxylic acids is 1. The largest absolute Gasteiger partial charge is 0.481 e. The molecular formula is C13H14N2O3. The Balaban J connectivity index is 1.90. The van der Waals surface area contributed by atoms with E-state index >= 15 is 0 Å². The average molecular weight is 246 g/mol. The van der Waals surface area contributed by atoms with Crippen LogP contribution in [0.4, 0.5) is 6.01 Å². The van der Waals surface area contributed by atoms with Crippen LogP contribution in [0.25, 0.3) is 11.1 Å². The SMILES string of the molecule is CC1(C(=O)O)CCN(c2nc3ccccc3o2)C1. The third kappa shape index (κ3) is 1.63. The van der Waals surface area contributed by atoms with Crippen molar-refractivity contribution >= 4 is 23.1 Å². The first kappa shape index (κ1) is 11.1. The van der Waals surface area contributed by atoms with Crippen molar-refractivity contribution < 1.29 is 14.3 Å². The number of rotatable bonds is 2. The molecule has 1 aromatic heterocycles. The van der Waals surface area contributed by atoms with Crippen LogP contribution in [0.1, 0.15) is 13.3 Å². The summed E-state index contributed by atoms with van der Waals surface area (Å²) in [6.07, 6.45) is 0.612. The molecule has 0 radical (unpaired) electrons. The van der Waals surface area contributed by atoms with E-state index in [9.17, 15) is 9.90 Å². The first-order chi connectivity index (χ1) is 8.58. The predicted molar refractivity (Wildman–Crippen MR) is 66.6 cm³/mol. The molecule has 5 nitrogen and oxygen atoms in total. The molecule has 1 fully saturated rings. The Bertz CT molecular complexity index is 574. The highest BCUT2D eigenvalue weighted by Gasteiger charge is 2.41. The Hall–Kier alpha value is -2.04. The Kier molecular flexibility index (Phi) is 2.29. The molecule has 1 aromatic carbocycles. The Labute approximate surface area is 104 Å². The number of nitrogens with zero attached hydrogens (tertiary/aromatic N) is 2. The number of fused-ring (bicyclic) bond motifs is 1. The van der Waals surface area contributed by atoms with Crippen LogP contribution in [-0.4, -0.2) is 29.1 Å². The third-order valence-electron chi connectivity index (χ3n) is 3.54. The minimum atomic E-state index is -0.763. The van der Waals surface area contributed by atoms with Crippen molar-refractivity contribution in [2.45, 2.75) is 13.3 Å². The van der Waals surface area contributed by atoms with Gasteiger partial charge in [0.2, 0.25) is 0 Å². The molecule has 2 heterocycles. The van der Waals surface area contributed by atoms with E-state index in [1.165, 1.54) is 0 Å². The lowest BCUT2D eigenvalue weighted by Gasteiger charge is -2.18. The molecule has 94 valence electrons. The Morgan fingerprint density at radius 2 is 2.28 bits per heavy atom. The van der Waals surface area contributed by atoms with E-state index in [1.807, 2.05) is 29.2 Å². The average Bonchev–Trinajstić information content (AvgIpc) is 2.92. The summed E-state index contributed by atoms with van der Waals surface area (Å²) in [5, 5.41) is 9.20. The van der Waals surface area contributed by atoms with Crippen molar-refractivity contribution in [3.63, 3.8) is 0 Å². The Morgan fingerprint density at radius 3 is 2.94 bits per heavy atom. The lowest BCUT2D eigenvalue weighted by Crippen LogP contribution is -2.31. The van der Waals surface area contributed by atoms with Crippen molar-refractivity contribution in [2.24, 2.45) is 5.41 Å². The molecule has 1 atom stereocenters. The van der Waals surface area contributed by atoms with E-state index in [0.29, 0.717) is 25.5 Å². The quantitative estimate of drug-likeness (QED) is 0.879. The predicted octanol–water partition coefficient (Wildman–Crippen LogP) is 2.13. The second kappa shape index (κ2) is 3.73. The maximum Gasteiger partial charge on any atom is 0.311 e. The minimum absolute atomic E-state index is 0.440. The molecule has 1 saturated heterocycles. The van der Waals surface area contributed by atoms with E-state index in [0.717, 1.165) is 11.1 Å². The van der Waals surface area contributed by atoms with E-state index in [2.05, 4.69) is 4.98 Å². The molecule has 1 aliphatic rings. The number of hydrogen-bond donors (Lipinski definition) is 1. The highest BCUT2D eigenvalue weighted by Crippen LogP contribution is 2.34. The standard InChI is InChI=1S/C13H14N2O3/c1-13(11(16)17)6-7-15(8-13)12-14-9-4-2-3-5-10(9)18-12/h2-5H,6-8H2,1H3,(H,16,17). The van der Waals surface area contributed by atoms with Crippen LogP contribution in [0, 0.1) is 5.41 Å². The van der Waals surface area contributed by atoms with Crippen LogP contribution in [0.2, 0.25) is 0 Å². The summed E-state index contributed by atoms with van der Waals surface area (Å²) in [7, 11) is 0. The zero-order valence-electron chi connectivity index (χ0n) is 10.1. The van der Waals surface area contributed by atoms with E-state index < -0.39 is 11.4 Å². The molecule has 3 rings (SSSR count). The van der Waals surface area contributed by atoms with Gasteiger partial charge in [-0.1, -0.05) is 12.1 Å². The molecule has 0 bridgehead atoms. The van der Waals surface area contributed by atoms with Gasteiger partial charge in [-0.05, 0) is 25.5 Å². The maximum absolute atomic E-state index is 11.2. The highest BCUT2D eigenvalue weighted by atomic mass is 16.4. The maximum atomic E-state index is 11.2. The van der Waals surface area contributed by atoms with Crippen molar-refractivity contribution in [1.82, 2.24) is 4.98 Å². The van der Waals surface area contributed by atoms with Crippen LogP contribution in [0.15, 0.2) is 28.7 Å². The molecule has 1 aliphatic heterocycles. The van der Waals surface area contributed by atoms with Crippen molar-refractivity contribution in [2.75, 3.05) is 18.0 Å². The van der Waals surface area contributed by atoms with Crippen LogP contribution in [0.3, 0.4) is 0 Å². The van der Waals surface area contributed by atoms with Gasteiger partial charge in [-0.15, -0.1) is 0 Å². The van der Waals surface area contributed by atoms with E-state index in [-0.39, 0.29) is 0 Å². The second-order valence-corrected chi connectivity index (χ2v) is 5.00. The number of oxazole rings is 1. The fourth-order valence-corrected chi connectivity index (χ4v) is 2.29. The van der Waals surface area contributed by atoms with Gasteiger partial charge in [-0.2, -0.15) is 4.98 Å². The molecular weight excluding hydrogens is 232 g/mol. The van der Waals surface area contributed by atoms with Gasteiger partial charge in [0, 0.05) is 13.1 Å². The van der Waals surface area contributed by atoms with Crippen molar-refractivity contribution in [3.8, 4) is 0 Å². The molecule has 18 heavy (non-hydrogen) atoms. The summed E-state index contributed by atoms with van der Waals surface area (Å²) in [5.41, 5.74) is 0.827. The van der Waals surface area contributed by atoms with Gasteiger partial charge in [-0.25, -0.2) is 0 Å². The van der Waals surface area contributed by atoms with Gasteiger partial charge >= 0.3 is 5.97 Å². The van der Waals surface area contributed by atoms with Gasteiger partial charge in [0.05, 0.1) is 5.41 Å². The second-order valence-electron chi connectivity index (χ2n) is 5.00. The van der Waals surface area contributed by atoms with Crippen LogP contribution < -0.4 is 4.90 Å². The topological polar surface area (TPSA) is 66.6 Å². The molecule has 1 unspecified atom stereocenters.